The van der Waals surface area contributed by atoms with E-state index in [2.05, 4.69) is 22.7 Å². The highest BCUT2D eigenvalue weighted by Crippen LogP contribution is 1.98. The van der Waals surface area contributed by atoms with Crippen LogP contribution in [0.5, 0.6) is 0 Å². The second-order valence-electron chi connectivity index (χ2n) is 4.30. The maximum Gasteiger partial charge on any atom is 0.268 e. The van der Waals surface area contributed by atoms with Crippen molar-refractivity contribution in [1.82, 2.24) is 15.1 Å². The number of nitrogens with zero attached hydrogens (tertiary/aromatic N) is 2. The van der Waals surface area contributed by atoms with Gasteiger partial charge in [0.25, 0.3) is 5.56 Å². The number of hydrogen-bond acceptors (Lipinski definition) is 5. The van der Waals surface area contributed by atoms with Gasteiger partial charge in [0, 0.05) is 25.8 Å². The van der Waals surface area contributed by atoms with E-state index in [0.717, 1.165) is 38.2 Å². The minimum Gasteiger partial charge on any atom is -0.382 e. The predicted molar refractivity (Wildman–Crippen MR) is 76.6 cm³/mol. The molecule has 1 aromatic heterocycles. The molecule has 6 heteroatoms. The van der Waals surface area contributed by atoms with Gasteiger partial charge >= 0.3 is 0 Å². The van der Waals surface area contributed by atoms with Crippen LogP contribution >= 0.6 is 0 Å². The van der Waals surface area contributed by atoms with E-state index in [1.165, 1.54) is 4.68 Å². The summed E-state index contributed by atoms with van der Waals surface area (Å²) in [5.74, 6) is 0. The normalized spacial score (nSPS) is 10.6. The summed E-state index contributed by atoms with van der Waals surface area (Å²) in [5.41, 5.74) is 0.650. The third-order valence-electron chi connectivity index (χ3n) is 2.66. The third-order valence-corrected chi connectivity index (χ3v) is 2.66. The molecule has 0 saturated heterocycles. The highest BCUT2D eigenvalue weighted by molar-refractivity contribution is 5.38. The zero-order valence-corrected chi connectivity index (χ0v) is 11.8. The summed E-state index contributed by atoms with van der Waals surface area (Å²) in [6.45, 7) is 5.50. The fraction of sp³-hybridized carbons (Fsp3) is 0.692. The molecule has 1 rings (SSSR count). The molecule has 0 radical (unpaired) electrons. The van der Waals surface area contributed by atoms with Gasteiger partial charge < -0.3 is 15.4 Å². The Morgan fingerprint density at radius 2 is 2.21 bits per heavy atom. The highest BCUT2D eigenvalue weighted by Gasteiger charge is 1.99. The minimum absolute atomic E-state index is 0.103. The molecule has 108 valence electrons. The van der Waals surface area contributed by atoms with E-state index in [1.807, 2.05) is 7.05 Å². The Kier molecular flexibility index (Phi) is 7.84. The van der Waals surface area contributed by atoms with Crippen molar-refractivity contribution in [1.29, 1.82) is 0 Å². The molecule has 0 aliphatic rings. The first-order valence-corrected chi connectivity index (χ1v) is 6.81. The molecule has 0 aliphatic carbocycles. The molecule has 6 nitrogen and oxygen atoms in total. The fourth-order valence-corrected chi connectivity index (χ4v) is 1.53. The second-order valence-corrected chi connectivity index (χ2v) is 4.30. The molecule has 2 N–H and O–H groups in total. The molecular formula is C13H24N4O2. The number of rotatable bonds is 10. The first-order valence-electron chi connectivity index (χ1n) is 6.81. The summed E-state index contributed by atoms with van der Waals surface area (Å²) in [4.78, 5) is 11.8. The molecule has 0 aromatic carbocycles. The summed E-state index contributed by atoms with van der Waals surface area (Å²) < 4.78 is 6.84. The Morgan fingerprint density at radius 3 is 2.89 bits per heavy atom. The molecule has 0 saturated carbocycles. The van der Waals surface area contributed by atoms with Gasteiger partial charge in [-0.3, -0.25) is 4.79 Å². The third kappa shape index (κ3) is 6.35. The van der Waals surface area contributed by atoms with E-state index >= 15 is 0 Å². The number of nitrogens with one attached hydrogen (secondary N) is 2. The smallest absolute Gasteiger partial charge is 0.268 e. The van der Waals surface area contributed by atoms with E-state index in [1.54, 1.807) is 12.3 Å². The van der Waals surface area contributed by atoms with Crippen LogP contribution in [0.4, 0.5) is 5.69 Å². The number of anilines is 1. The highest BCUT2D eigenvalue weighted by atomic mass is 16.5. The summed E-state index contributed by atoms with van der Waals surface area (Å²) in [6.07, 6.45) is 3.84. The van der Waals surface area contributed by atoms with Crippen LogP contribution in [-0.4, -0.2) is 43.1 Å². The monoisotopic (exact) mass is 268 g/mol. The molecule has 0 aliphatic heterocycles. The van der Waals surface area contributed by atoms with Crippen LogP contribution in [0.2, 0.25) is 0 Å². The lowest BCUT2D eigenvalue weighted by Gasteiger charge is -2.08. The Hall–Kier alpha value is -1.40. The first-order chi connectivity index (χ1) is 9.27. The molecule has 0 amide bonds. The topological polar surface area (TPSA) is 68.2 Å². The summed E-state index contributed by atoms with van der Waals surface area (Å²) in [6, 6.07) is 1.56. The first kappa shape index (κ1) is 15.7. The maximum atomic E-state index is 11.8. The molecule has 1 heterocycles. The van der Waals surface area contributed by atoms with Crippen molar-refractivity contribution in [2.75, 3.05) is 38.7 Å². The number of likely N-dealkylation sites (N-methyl/N-ethyl adjacent to an activating group) is 1. The standard InChI is InChI=1S/C13H24N4O2/c1-3-4-8-19-9-7-17-13(18)10-12(11-16-17)15-6-5-14-2/h10-11,14-15H,3-9H2,1-2H3. The second kappa shape index (κ2) is 9.52. The molecule has 19 heavy (non-hydrogen) atoms. The van der Waals surface area contributed by atoms with Crippen molar-refractivity contribution in [3.8, 4) is 0 Å². The van der Waals surface area contributed by atoms with Gasteiger partial charge in [0.2, 0.25) is 0 Å². The van der Waals surface area contributed by atoms with Crippen molar-refractivity contribution in [3.63, 3.8) is 0 Å². The zero-order chi connectivity index (χ0) is 13.9. The zero-order valence-electron chi connectivity index (χ0n) is 11.8. The maximum absolute atomic E-state index is 11.8. The summed E-state index contributed by atoms with van der Waals surface area (Å²) in [5, 5.41) is 10.3. The van der Waals surface area contributed by atoms with E-state index < -0.39 is 0 Å². The van der Waals surface area contributed by atoms with Gasteiger partial charge in [-0.1, -0.05) is 13.3 Å². The van der Waals surface area contributed by atoms with Gasteiger partial charge in [0.05, 0.1) is 25.0 Å². The number of unbranched alkanes of at least 4 members (excludes halogenated alkanes) is 1. The Morgan fingerprint density at radius 1 is 1.37 bits per heavy atom. The summed E-state index contributed by atoms with van der Waals surface area (Å²) in [7, 11) is 1.89. The predicted octanol–water partition coefficient (Wildman–Crippen LogP) is 0.691. The molecule has 0 bridgehead atoms. The minimum atomic E-state index is -0.103. The van der Waals surface area contributed by atoms with Crippen LogP contribution in [0.25, 0.3) is 0 Å². The number of aromatic nitrogens is 2. The lowest BCUT2D eigenvalue weighted by molar-refractivity contribution is 0.120. The summed E-state index contributed by atoms with van der Waals surface area (Å²) >= 11 is 0. The van der Waals surface area contributed by atoms with Crippen LogP contribution < -0.4 is 16.2 Å². The van der Waals surface area contributed by atoms with Gasteiger partial charge in [0.1, 0.15) is 0 Å². The lowest BCUT2D eigenvalue weighted by Crippen LogP contribution is -2.25. The van der Waals surface area contributed by atoms with Crippen molar-refractivity contribution < 1.29 is 4.74 Å². The van der Waals surface area contributed by atoms with E-state index in [9.17, 15) is 4.79 Å². The van der Waals surface area contributed by atoms with Gasteiger partial charge in [-0.05, 0) is 13.5 Å². The van der Waals surface area contributed by atoms with Crippen molar-refractivity contribution in [2.45, 2.75) is 26.3 Å². The van der Waals surface area contributed by atoms with Crippen LogP contribution in [0, 0.1) is 0 Å². The number of ether oxygens (including phenoxy) is 1. The van der Waals surface area contributed by atoms with Crippen LogP contribution in [0.15, 0.2) is 17.1 Å². The van der Waals surface area contributed by atoms with Crippen molar-refractivity contribution in [3.05, 3.63) is 22.6 Å². The number of hydrogen-bond donors (Lipinski definition) is 2. The van der Waals surface area contributed by atoms with Gasteiger partial charge in [-0.2, -0.15) is 5.10 Å². The van der Waals surface area contributed by atoms with E-state index in [-0.39, 0.29) is 5.56 Å². The van der Waals surface area contributed by atoms with Crippen LogP contribution in [0.3, 0.4) is 0 Å². The average molecular weight is 268 g/mol. The van der Waals surface area contributed by atoms with Crippen LogP contribution in [-0.2, 0) is 11.3 Å². The SMILES string of the molecule is CCCCOCCn1ncc(NCCNC)cc1=O. The molecule has 1 aromatic rings. The average Bonchev–Trinajstić information content (AvgIpc) is 2.41. The van der Waals surface area contributed by atoms with E-state index in [0.29, 0.717) is 13.2 Å². The van der Waals surface area contributed by atoms with Gasteiger partial charge in [-0.15, -0.1) is 0 Å². The van der Waals surface area contributed by atoms with Crippen LogP contribution in [0.1, 0.15) is 19.8 Å². The Balaban J connectivity index is 2.37. The molecule has 0 fully saturated rings. The van der Waals surface area contributed by atoms with Crippen molar-refractivity contribution in [2.24, 2.45) is 0 Å². The quantitative estimate of drug-likeness (QED) is 0.611. The Bertz CT molecular complexity index is 406. The van der Waals surface area contributed by atoms with E-state index in [4.69, 9.17) is 4.74 Å². The molecule has 0 spiro atoms. The largest absolute Gasteiger partial charge is 0.382 e. The van der Waals surface area contributed by atoms with Gasteiger partial charge in [-0.25, -0.2) is 4.68 Å². The Labute approximate surface area is 114 Å². The van der Waals surface area contributed by atoms with Gasteiger partial charge in [0.15, 0.2) is 0 Å². The molecule has 0 unspecified atom stereocenters. The molecule has 0 atom stereocenters. The van der Waals surface area contributed by atoms with Crippen molar-refractivity contribution >= 4 is 5.69 Å². The lowest BCUT2D eigenvalue weighted by atomic mass is 10.4. The molecular weight excluding hydrogens is 244 g/mol. The fourth-order valence-electron chi connectivity index (χ4n) is 1.53.